The number of aryl methyl sites for hydroxylation is 2. The van der Waals surface area contributed by atoms with Crippen LogP contribution in [-0.4, -0.2) is 29.0 Å². The van der Waals surface area contributed by atoms with Crippen molar-refractivity contribution in [2.24, 2.45) is 0 Å². The minimum absolute atomic E-state index is 0.0202. The van der Waals surface area contributed by atoms with Crippen molar-refractivity contribution in [1.29, 1.82) is 0 Å². The Morgan fingerprint density at radius 3 is 2.17 bits per heavy atom. The van der Waals surface area contributed by atoms with E-state index in [2.05, 4.69) is 48.1 Å². The molecule has 0 aliphatic carbocycles. The highest BCUT2D eigenvalue weighted by atomic mass is 16.7. The van der Waals surface area contributed by atoms with Crippen molar-refractivity contribution in [2.45, 2.75) is 135 Å². The van der Waals surface area contributed by atoms with Gasteiger partial charge in [-0.2, -0.15) is 0 Å². The molecule has 0 radical (unpaired) electrons. The Morgan fingerprint density at radius 1 is 0.806 bits per heavy atom. The van der Waals surface area contributed by atoms with Crippen molar-refractivity contribution in [2.75, 3.05) is 6.61 Å². The van der Waals surface area contributed by atoms with E-state index >= 15 is 0 Å². The molecule has 2 aromatic rings. The SMILES string of the molecule is CCCCCCCCCCc1ccc(-c2cnc(CCCCCC(C)OC3CCCCO3)nc2)cc1. The van der Waals surface area contributed by atoms with Crippen LogP contribution in [0.3, 0.4) is 0 Å². The van der Waals surface area contributed by atoms with Crippen molar-refractivity contribution in [3.8, 4) is 11.1 Å². The monoisotopic (exact) mass is 494 g/mol. The van der Waals surface area contributed by atoms with E-state index in [9.17, 15) is 0 Å². The van der Waals surface area contributed by atoms with Crippen LogP contribution < -0.4 is 0 Å². The van der Waals surface area contributed by atoms with Gasteiger partial charge in [0.1, 0.15) is 5.82 Å². The zero-order chi connectivity index (χ0) is 25.3. The van der Waals surface area contributed by atoms with Crippen LogP contribution >= 0.6 is 0 Å². The summed E-state index contributed by atoms with van der Waals surface area (Å²) >= 11 is 0. The van der Waals surface area contributed by atoms with Crippen molar-refractivity contribution in [3.05, 3.63) is 48.0 Å². The topological polar surface area (TPSA) is 44.2 Å². The Hall–Kier alpha value is -1.78. The van der Waals surface area contributed by atoms with E-state index in [0.717, 1.165) is 43.7 Å². The average molecular weight is 495 g/mol. The molecule has 200 valence electrons. The number of ether oxygens (including phenoxy) is 2. The van der Waals surface area contributed by atoms with Crippen LogP contribution in [0.1, 0.15) is 122 Å². The summed E-state index contributed by atoms with van der Waals surface area (Å²) in [7, 11) is 0. The van der Waals surface area contributed by atoms with Crippen LogP contribution in [0.15, 0.2) is 36.7 Å². The fourth-order valence-corrected chi connectivity index (χ4v) is 5.00. The van der Waals surface area contributed by atoms with E-state index in [4.69, 9.17) is 9.47 Å². The predicted octanol–water partition coefficient (Wildman–Crippen LogP) is 8.86. The lowest BCUT2D eigenvalue weighted by Gasteiger charge is -2.26. The van der Waals surface area contributed by atoms with Crippen LogP contribution in [0, 0.1) is 0 Å². The largest absolute Gasteiger partial charge is 0.353 e. The summed E-state index contributed by atoms with van der Waals surface area (Å²) in [6, 6.07) is 8.99. The highest BCUT2D eigenvalue weighted by Gasteiger charge is 2.16. The Bertz CT molecular complexity index is 800. The third-order valence-electron chi connectivity index (χ3n) is 7.34. The molecular weight excluding hydrogens is 444 g/mol. The highest BCUT2D eigenvalue weighted by Crippen LogP contribution is 2.21. The van der Waals surface area contributed by atoms with Gasteiger partial charge in [-0.25, -0.2) is 9.97 Å². The highest BCUT2D eigenvalue weighted by molar-refractivity contribution is 5.61. The molecule has 3 rings (SSSR count). The molecule has 1 saturated heterocycles. The van der Waals surface area contributed by atoms with Gasteiger partial charge in [-0.1, -0.05) is 89.0 Å². The van der Waals surface area contributed by atoms with E-state index in [1.807, 2.05) is 12.4 Å². The van der Waals surface area contributed by atoms with Crippen molar-refractivity contribution < 1.29 is 9.47 Å². The first kappa shape index (κ1) is 28.8. The minimum atomic E-state index is 0.0202. The first-order valence-electron chi connectivity index (χ1n) is 14.9. The molecule has 2 unspecified atom stereocenters. The Kier molecular flexibility index (Phi) is 14.1. The maximum absolute atomic E-state index is 6.02. The summed E-state index contributed by atoms with van der Waals surface area (Å²) in [5.74, 6) is 0.949. The zero-order valence-electron chi connectivity index (χ0n) is 23.1. The lowest BCUT2D eigenvalue weighted by Crippen LogP contribution is -2.26. The van der Waals surface area contributed by atoms with Gasteiger partial charge in [0.05, 0.1) is 6.10 Å². The quantitative estimate of drug-likeness (QED) is 0.194. The maximum atomic E-state index is 6.02. The van der Waals surface area contributed by atoms with Crippen LogP contribution in [0.25, 0.3) is 11.1 Å². The second-order valence-corrected chi connectivity index (χ2v) is 10.7. The number of hydrogen-bond donors (Lipinski definition) is 0. The molecule has 4 nitrogen and oxygen atoms in total. The van der Waals surface area contributed by atoms with Crippen molar-refractivity contribution >= 4 is 0 Å². The second kappa shape index (κ2) is 17.6. The van der Waals surface area contributed by atoms with E-state index in [-0.39, 0.29) is 12.4 Å². The fraction of sp³-hybridized carbons (Fsp3) is 0.688. The first-order valence-corrected chi connectivity index (χ1v) is 14.9. The second-order valence-electron chi connectivity index (χ2n) is 10.7. The Balaban J connectivity index is 1.27. The minimum Gasteiger partial charge on any atom is -0.353 e. The number of rotatable bonds is 18. The number of nitrogens with zero attached hydrogens (tertiary/aromatic N) is 2. The number of aromatic nitrogens is 2. The summed E-state index contributed by atoms with van der Waals surface area (Å²) < 4.78 is 11.7. The summed E-state index contributed by atoms with van der Waals surface area (Å²) in [4.78, 5) is 9.26. The smallest absolute Gasteiger partial charge is 0.157 e. The van der Waals surface area contributed by atoms with Crippen molar-refractivity contribution in [1.82, 2.24) is 9.97 Å². The van der Waals surface area contributed by atoms with Gasteiger partial charge < -0.3 is 9.47 Å². The lowest BCUT2D eigenvalue weighted by molar-refractivity contribution is -0.185. The number of hydrogen-bond acceptors (Lipinski definition) is 4. The summed E-state index contributed by atoms with van der Waals surface area (Å²) in [6.07, 6.45) is 25.4. The standard InChI is InChI=1S/C32H50N2O2/c1-3-4-5-6-7-8-9-12-17-28-20-22-29(23-21-28)30-25-33-31(34-26-30)18-13-10-11-16-27(2)36-32-19-14-15-24-35-32/h20-23,25-27,32H,3-19,24H2,1-2H3. The third-order valence-corrected chi connectivity index (χ3v) is 7.34. The molecule has 0 spiro atoms. The molecule has 2 heterocycles. The third kappa shape index (κ3) is 11.5. The van der Waals surface area contributed by atoms with E-state index in [1.165, 1.54) is 94.6 Å². The van der Waals surface area contributed by atoms with Gasteiger partial charge in [0.2, 0.25) is 0 Å². The number of benzene rings is 1. The molecule has 36 heavy (non-hydrogen) atoms. The van der Waals surface area contributed by atoms with E-state index in [0.29, 0.717) is 0 Å². The van der Waals surface area contributed by atoms with Gasteiger partial charge in [-0.15, -0.1) is 0 Å². The first-order chi connectivity index (χ1) is 17.7. The average Bonchev–Trinajstić information content (AvgIpc) is 2.91. The maximum Gasteiger partial charge on any atom is 0.157 e. The molecule has 0 amide bonds. The summed E-state index contributed by atoms with van der Waals surface area (Å²) in [5, 5.41) is 0. The molecule has 2 atom stereocenters. The molecule has 0 N–H and O–H groups in total. The van der Waals surface area contributed by atoms with E-state index in [1.54, 1.807) is 0 Å². The molecule has 4 heteroatoms. The zero-order valence-corrected chi connectivity index (χ0v) is 23.1. The molecule has 0 saturated carbocycles. The summed E-state index contributed by atoms with van der Waals surface area (Å²) in [5.41, 5.74) is 3.75. The van der Waals surface area contributed by atoms with Crippen LogP contribution in [0.5, 0.6) is 0 Å². The molecule has 1 aromatic carbocycles. The predicted molar refractivity (Wildman–Crippen MR) is 150 cm³/mol. The van der Waals surface area contributed by atoms with Gasteiger partial charge in [0.25, 0.3) is 0 Å². The molecule has 0 bridgehead atoms. The summed E-state index contributed by atoms with van der Waals surface area (Å²) in [6.45, 7) is 5.30. The van der Waals surface area contributed by atoms with Gasteiger partial charge in [0.15, 0.2) is 6.29 Å². The van der Waals surface area contributed by atoms with Gasteiger partial charge in [-0.05, 0) is 63.0 Å². The normalized spacial score (nSPS) is 16.8. The number of unbranched alkanes of at least 4 members (excludes halogenated alkanes) is 9. The van der Waals surface area contributed by atoms with Gasteiger partial charge in [-0.3, -0.25) is 0 Å². The Labute approximate surface area is 220 Å². The lowest BCUT2D eigenvalue weighted by atomic mass is 10.0. The molecule has 1 aliphatic rings. The van der Waals surface area contributed by atoms with Crippen LogP contribution in [0.2, 0.25) is 0 Å². The molecule has 1 aliphatic heterocycles. The molecule has 1 aromatic heterocycles. The Morgan fingerprint density at radius 2 is 1.47 bits per heavy atom. The van der Waals surface area contributed by atoms with Crippen LogP contribution in [-0.2, 0) is 22.3 Å². The van der Waals surface area contributed by atoms with Crippen LogP contribution in [0.4, 0.5) is 0 Å². The molecule has 1 fully saturated rings. The van der Waals surface area contributed by atoms with E-state index < -0.39 is 0 Å². The van der Waals surface area contributed by atoms with Crippen molar-refractivity contribution in [3.63, 3.8) is 0 Å². The fourth-order valence-electron chi connectivity index (χ4n) is 5.00. The van der Waals surface area contributed by atoms with Gasteiger partial charge in [0, 0.05) is 31.0 Å². The van der Waals surface area contributed by atoms with Gasteiger partial charge >= 0.3 is 0 Å². The molecular formula is C32H50N2O2.